The zero-order valence-corrected chi connectivity index (χ0v) is 8.77. The van der Waals surface area contributed by atoms with Crippen LogP contribution >= 0.6 is 0 Å². The Morgan fingerprint density at radius 1 is 1.56 bits per heavy atom. The molecule has 0 saturated carbocycles. The third-order valence-electron chi connectivity index (χ3n) is 2.80. The van der Waals surface area contributed by atoms with E-state index in [1.54, 1.807) is 12.1 Å². The van der Waals surface area contributed by atoms with Crippen molar-refractivity contribution in [2.45, 2.75) is 18.8 Å². The number of fused-ring (bicyclic) bond motifs is 1. The van der Waals surface area contributed by atoms with Crippen molar-refractivity contribution in [3.05, 3.63) is 39.4 Å². The summed E-state index contributed by atoms with van der Waals surface area (Å²) in [5.41, 5.74) is 7.63. The Morgan fingerprint density at radius 2 is 2.38 bits per heavy atom. The van der Waals surface area contributed by atoms with Gasteiger partial charge in [0.05, 0.1) is 11.5 Å². The molecule has 2 rings (SSSR count). The van der Waals surface area contributed by atoms with Gasteiger partial charge in [0.25, 0.3) is 5.69 Å². The van der Waals surface area contributed by atoms with Gasteiger partial charge in [0.1, 0.15) is 0 Å². The highest BCUT2D eigenvalue weighted by Crippen LogP contribution is 2.34. The van der Waals surface area contributed by atoms with Gasteiger partial charge in [-0.3, -0.25) is 10.1 Å². The zero-order valence-electron chi connectivity index (χ0n) is 8.77. The van der Waals surface area contributed by atoms with Crippen LogP contribution < -0.4 is 5.73 Å². The van der Waals surface area contributed by atoms with Crippen molar-refractivity contribution in [2.24, 2.45) is 5.73 Å². The smallest absolute Gasteiger partial charge is 0.269 e. The maximum Gasteiger partial charge on any atom is 0.269 e. The van der Waals surface area contributed by atoms with Gasteiger partial charge in [-0.1, -0.05) is 17.9 Å². The van der Waals surface area contributed by atoms with Gasteiger partial charge in [-0.15, -0.1) is 0 Å². The molecule has 1 aliphatic carbocycles. The van der Waals surface area contributed by atoms with Crippen LogP contribution in [0, 0.1) is 22.0 Å². The summed E-state index contributed by atoms with van der Waals surface area (Å²) < 4.78 is 0. The molecule has 0 amide bonds. The molecule has 16 heavy (non-hydrogen) atoms. The second kappa shape index (κ2) is 4.33. The van der Waals surface area contributed by atoms with Crippen LogP contribution in [0.25, 0.3) is 0 Å². The van der Waals surface area contributed by atoms with E-state index in [2.05, 4.69) is 11.8 Å². The summed E-state index contributed by atoms with van der Waals surface area (Å²) in [6.45, 7) is 0.334. The van der Waals surface area contributed by atoms with E-state index in [0.717, 1.165) is 18.4 Å². The zero-order chi connectivity index (χ0) is 11.5. The molecule has 2 N–H and O–H groups in total. The molecule has 0 fully saturated rings. The van der Waals surface area contributed by atoms with E-state index in [-0.39, 0.29) is 16.5 Å². The van der Waals surface area contributed by atoms with Crippen molar-refractivity contribution in [1.82, 2.24) is 0 Å². The molecule has 0 aliphatic heterocycles. The lowest BCUT2D eigenvalue weighted by Crippen LogP contribution is -1.96. The van der Waals surface area contributed by atoms with Gasteiger partial charge in [0.2, 0.25) is 0 Å². The number of rotatable bonds is 1. The molecule has 0 bridgehead atoms. The molecule has 0 spiro atoms. The van der Waals surface area contributed by atoms with Crippen molar-refractivity contribution in [2.75, 3.05) is 6.54 Å². The second-order valence-corrected chi connectivity index (χ2v) is 3.76. The molecule has 1 aromatic rings. The van der Waals surface area contributed by atoms with Gasteiger partial charge < -0.3 is 5.73 Å². The first-order valence-corrected chi connectivity index (χ1v) is 5.18. The van der Waals surface area contributed by atoms with E-state index >= 15 is 0 Å². The molecule has 4 nitrogen and oxygen atoms in total. The van der Waals surface area contributed by atoms with Crippen LogP contribution in [-0.4, -0.2) is 11.5 Å². The Labute approximate surface area is 93.6 Å². The van der Waals surface area contributed by atoms with Crippen molar-refractivity contribution in [3.63, 3.8) is 0 Å². The summed E-state index contributed by atoms with van der Waals surface area (Å²) >= 11 is 0. The number of hydrogen-bond acceptors (Lipinski definition) is 3. The molecule has 1 atom stereocenters. The van der Waals surface area contributed by atoms with E-state index in [0.29, 0.717) is 6.54 Å². The van der Waals surface area contributed by atoms with E-state index < -0.39 is 0 Å². The predicted molar refractivity (Wildman–Crippen MR) is 61.0 cm³/mol. The lowest BCUT2D eigenvalue weighted by Gasteiger charge is -2.03. The fourth-order valence-electron chi connectivity index (χ4n) is 2.04. The average molecular weight is 216 g/mol. The summed E-state index contributed by atoms with van der Waals surface area (Å²) in [5.74, 6) is 6.00. The minimum Gasteiger partial charge on any atom is -0.320 e. The second-order valence-electron chi connectivity index (χ2n) is 3.76. The van der Waals surface area contributed by atoms with E-state index in [4.69, 9.17) is 5.73 Å². The topological polar surface area (TPSA) is 69.2 Å². The Hall–Kier alpha value is -1.86. The first kappa shape index (κ1) is 10.7. The third kappa shape index (κ3) is 1.90. The van der Waals surface area contributed by atoms with Gasteiger partial charge in [-0.2, -0.15) is 0 Å². The van der Waals surface area contributed by atoms with Crippen molar-refractivity contribution in [1.29, 1.82) is 0 Å². The predicted octanol–water partition coefficient (Wildman–Crippen LogP) is 1.59. The Bertz CT molecular complexity index is 486. The van der Waals surface area contributed by atoms with E-state index in [1.165, 1.54) is 5.56 Å². The van der Waals surface area contributed by atoms with Crippen LogP contribution in [-0.2, 0) is 6.42 Å². The standard InChI is InChI=1S/C12H12N2O2/c13-7-1-2-9-3-4-10-5-6-11(14(15)16)8-12(9)10/h5-6,8-9H,3-4,7,13H2. The van der Waals surface area contributed by atoms with E-state index in [1.807, 2.05) is 6.07 Å². The molecule has 4 heteroatoms. The molecule has 1 unspecified atom stereocenters. The maximum absolute atomic E-state index is 10.7. The highest BCUT2D eigenvalue weighted by Gasteiger charge is 2.23. The van der Waals surface area contributed by atoms with E-state index in [9.17, 15) is 10.1 Å². The van der Waals surface area contributed by atoms with Gasteiger partial charge in [-0.25, -0.2) is 0 Å². The highest BCUT2D eigenvalue weighted by molar-refractivity contribution is 5.47. The molecule has 1 aromatic carbocycles. The number of benzene rings is 1. The summed E-state index contributed by atoms with van der Waals surface area (Å²) in [7, 11) is 0. The van der Waals surface area contributed by atoms with Gasteiger partial charge in [0.15, 0.2) is 0 Å². The van der Waals surface area contributed by atoms with Crippen molar-refractivity contribution in [3.8, 4) is 11.8 Å². The number of non-ortho nitro benzene ring substituents is 1. The highest BCUT2D eigenvalue weighted by atomic mass is 16.6. The largest absolute Gasteiger partial charge is 0.320 e. The van der Waals surface area contributed by atoms with Crippen LogP contribution in [0.1, 0.15) is 23.5 Å². The molecule has 82 valence electrons. The summed E-state index contributed by atoms with van der Waals surface area (Å²) in [5, 5.41) is 10.7. The van der Waals surface area contributed by atoms with Crippen LogP contribution in [0.4, 0.5) is 5.69 Å². The third-order valence-corrected chi connectivity index (χ3v) is 2.80. The monoisotopic (exact) mass is 216 g/mol. The van der Waals surface area contributed by atoms with Gasteiger partial charge in [-0.05, 0) is 24.0 Å². The number of nitrogens with zero attached hydrogens (tertiary/aromatic N) is 1. The Kier molecular flexibility index (Phi) is 2.88. The lowest BCUT2D eigenvalue weighted by atomic mass is 10.0. The maximum atomic E-state index is 10.7. The van der Waals surface area contributed by atoms with Gasteiger partial charge in [0, 0.05) is 18.1 Å². The number of nitrogens with two attached hydrogens (primary N) is 1. The normalized spacial score (nSPS) is 17.4. The summed E-state index contributed by atoms with van der Waals surface area (Å²) in [6.07, 6.45) is 1.88. The van der Waals surface area contributed by atoms with Crippen LogP contribution in [0.15, 0.2) is 18.2 Å². The molecular weight excluding hydrogens is 204 g/mol. The molecule has 0 heterocycles. The quantitative estimate of drug-likeness (QED) is 0.440. The minimum absolute atomic E-state index is 0.110. The van der Waals surface area contributed by atoms with Crippen LogP contribution in [0.3, 0.4) is 0 Å². The number of nitro groups is 1. The fourth-order valence-corrected chi connectivity index (χ4v) is 2.04. The SMILES string of the molecule is NCC#CC1CCc2ccc([N+](=O)[O-])cc21. The van der Waals surface area contributed by atoms with Crippen LogP contribution in [0.5, 0.6) is 0 Å². The first-order chi connectivity index (χ1) is 7.72. The first-order valence-electron chi connectivity index (χ1n) is 5.18. The number of nitro benzene ring substituents is 1. The molecule has 0 saturated heterocycles. The minimum atomic E-state index is -0.369. The summed E-state index contributed by atoms with van der Waals surface area (Å²) in [6, 6.07) is 5.02. The number of aryl methyl sites for hydroxylation is 1. The van der Waals surface area contributed by atoms with Crippen molar-refractivity contribution >= 4 is 5.69 Å². The van der Waals surface area contributed by atoms with Crippen molar-refractivity contribution < 1.29 is 4.92 Å². The lowest BCUT2D eigenvalue weighted by molar-refractivity contribution is -0.384. The van der Waals surface area contributed by atoms with Crippen LogP contribution in [0.2, 0.25) is 0 Å². The Morgan fingerprint density at radius 3 is 3.06 bits per heavy atom. The number of hydrogen-bond donors (Lipinski definition) is 1. The average Bonchev–Trinajstić information content (AvgIpc) is 2.68. The Balaban J connectivity index is 2.37. The molecule has 0 aromatic heterocycles. The molecular formula is C12H12N2O2. The fraction of sp³-hybridized carbons (Fsp3) is 0.333. The molecule has 1 aliphatic rings. The molecule has 0 radical (unpaired) electrons. The van der Waals surface area contributed by atoms with Gasteiger partial charge >= 0.3 is 0 Å². The summed E-state index contributed by atoms with van der Waals surface area (Å²) in [4.78, 5) is 10.3.